The van der Waals surface area contributed by atoms with Gasteiger partial charge in [-0.05, 0) is 48.7 Å². The Hall–Kier alpha value is -2.86. The molecule has 2 aromatic carbocycles. The first-order valence-corrected chi connectivity index (χ1v) is 10.2. The molecular formula is C22H23ClN4O2. The van der Waals surface area contributed by atoms with E-state index >= 15 is 0 Å². The molecule has 29 heavy (non-hydrogen) atoms. The molecule has 1 aliphatic heterocycles. The lowest BCUT2D eigenvalue weighted by Gasteiger charge is -2.18. The molecule has 7 heteroatoms. The predicted molar refractivity (Wildman–Crippen MR) is 113 cm³/mol. The molecule has 0 radical (unpaired) electrons. The SMILES string of the molecule is O=C(CCc1nc(-c2ccc(Cl)cc2)no1)NCC1CCN(c2ccccc2)C1. The van der Waals surface area contributed by atoms with Crippen LogP contribution in [-0.2, 0) is 11.2 Å². The Balaban J connectivity index is 1.20. The highest BCUT2D eigenvalue weighted by Crippen LogP contribution is 2.23. The third kappa shape index (κ3) is 5.15. The summed E-state index contributed by atoms with van der Waals surface area (Å²) in [7, 11) is 0. The molecule has 1 N–H and O–H groups in total. The van der Waals surface area contributed by atoms with E-state index in [0.717, 1.165) is 25.1 Å². The average molecular weight is 411 g/mol. The van der Waals surface area contributed by atoms with E-state index in [9.17, 15) is 4.79 Å². The third-order valence-corrected chi connectivity index (χ3v) is 5.38. The van der Waals surface area contributed by atoms with Crippen LogP contribution in [0.3, 0.4) is 0 Å². The minimum atomic E-state index is 0.00871. The van der Waals surface area contributed by atoms with Gasteiger partial charge in [-0.1, -0.05) is 35.0 Å². The Bertz CT molecular complexity index is 943. The fourth-order valence-electron chi connectivity index (χ4n) is 3.51. The van der Waals surface area contributed by atoms with Crippen LogP contribution in [0.2, 0.25) is 5.02 Å². The third-order valence-electron chi connectivity index (χ3n) is 5.13. The van der Waals surface area contributed by atoms with Gasteiger partial charge in [0.2, 0.25) is 17.6 Å². The van der Waals surface area contributed by atoms with Crippen LogP contribution < -0.4 is 10.2 Å². The lowest BCUT2D eigenvalue weighted by Crippen LogP contribution is -2.31. The molecule has 0 aliphatic carbocycles. The second-order valence-electron chi connectivity index (χ2n) is 7.26. The first-order valence-electron chi connectivity index (χ1n) is 9.82. The number of aryl methyl sites for hydroxylation is 1. The van der Waals surface area contributed by atoms with Crippen LogP contribution >= 0.6 is 11.6 Å². The molecule has 6 nitrogen and oxygen atoms in total. The van der Waals surface area contributed by atoms with Crippen molar-refractivity contribution in [2.24, 2.45) is 5.92 Å². The lowest BCUT2D eigenvalue weighted by molar-refractivity contribution is -0.121. The maximum Gasteiger partial charge on any atom is 0.227 e. The van der Waals surface area contributed by atoms with Gasteiger partial charge < -0.3 is 14.7 Å². The van der Waals surface area contributed by atoms with Crippen LogP contribution in [0, 0.1) is 5.92 Å². The number of carbonyl (C=O) groups excluding carboxylic acids is 1. The molecule has 0 bridgehead atoms. The van der Waals surface area contributed by atoms with Gasteiger partial charge in [-0.25, -0.2) is 0 Å². The number of carbonyl (C=O) groups is 1. The van der Waals surface area contributed by atoms with Crippen LogP contribution in [0.5, 0.6) is 0 Å². The lowest BCUT2D eigenvalue weighted by atomic mass is 10.1. The summed E-state index contributed by atoms with van der Waals surface area (Å²) >= 11 is 5.89. The zero-order chi connectivity index (χ0) is 20.1. The van der Waals surface area contributed by atoms with Gasteiger partial charge in [0, 0.05) is 48.7 Å². The van der Waals surface area contributed by atoms with Gasteiger partial charge in [0.15, 0.2) is 0 Å². The number of amides is 1. The van der Waals surface area contributed by atoms with E-state index in [0.29, 0.717) is 42.0 Å². The largest absolute Gasteiger partial charge is 0.371 e. The maximum absolute atomic E-state index is 12.2. The van der Waals surface area contributed by atoms with Crippen LogP contribution in [0.1, 0.15) is 18.7 Å². The smallest absolute Gasteiger partial charge is 0.227 e. The highest BCUT2D eigenvalue weighted by molar-refractivity contribution is 6.30. The van der Waals surface area contributed by atoms with Gasteiger partial charge in [-0.3, -0.25) is 4.79 Å². The first kappa shape index (κ1) is 19.5. The Morgan fingerprint density at radius 3 is 2.76 bits per heavy atom. The maximum atomic E-state index is 12.2. The van der Waals surface area contributed by atoms with Crippen molar-refractivity contribution in [3.05, 3.63) is 65.5 Å². The summed E-state index contributed by atoms with van der Waals surface area (Å²) in [5.41, 5.74) is 2.08. The van der Waals surface area contributed by atoms with E-state index < -0.39 is 0 Å². The summed E-state index contributed by atoms with van der Waals surface area (Å²) in [5, 5.41) is 7.67. The van der Waals surface area contributed by atoms with Crippen molar-refractivity contribution < 1.29 is 9.32 Å². The van der Waals surface area contributed by atoms with Gasteiger partial charge in [0.05, 0.1) is 0 Å². The number of nitrogens with one attached hydrogen (secondary N) is 1. The summed E-state index contributed by atoms with van der Waals surface area (Å²) in [4.78, 5) is 18.9. The van der Waals surface area contributed by atoms with Crippen molar-refractivity contribution in [1.29, 1.82) is 0 Å². The Morgan fingerprint density at radius 2 is 1.97 bits per heavy atom. The van der Waals surface area contributed by atoms with Gasteiger partial charge >= 0.3 is 0 Å². The van der Waals surface area contributed by atoms with Crippen molar-refractivity contribution in [3.8, 4) is 11.4 Å². The van der Waals surface area contributed by atoms with Crippen molar-refractivity contribution >= 4 is 23.2 Å². The van der Waals surface area contributed by atoms with Crippen molar-refractivity contribution in [1.82, 2.24) is 15.5 Å². The molecule has 1 aliphatic rings. The van der Waals surface area contributed by atoms with Crippen molar-refractivity contribution in [2.75, 3.05) is 24.5 Å². The van der Waals surface area contributed by atoms with E-state index in [4.69, 9.17) is 16.1 Å². The molecule has 3 aromatic rings. The number of benzene rings is 2. The van der Waals surface area contributed by atoms with Gasteiger partial charge in [-0.15, -0.1) is 0 Å². The summed E-state index contributed by atoms with van der Waals surface area (Å²) < 4.78 is 5.26. The molecule has 1 saturated heterocycles. The molecule has 0 spiro atoms. The molecule has 1 fully saturated rings. The second-order valence-corrected chi connectivity index (χ2v) is 7.70. The van der Waals surface area contributed by atoms with Crippen LogP contribution in [0.4, 0.5) is 5.69 Å². The van der Waals surface area contributed by atoms with Gasteiger partial charge in [0.25, 0.3) is 0 Å². The summed E-state index contributed by atoms with van der Waals surface area (Å²) in [5.74, 6) is 1.44. The molecule has 1 amide bonds. The van der Waals surface area contributed by atoms with Crippen molar-refractivity contribution in [2.45, 2.75) is 19.3 Å². The second kappa shape index (κ2) is 9.09. The van der Waals surface area contributed by atoms with E-state index in [-0.39, 0.29) is 5.91 Å². The highest BCUT2D eigenvalue weighted by Gasteiger charge is 2.23. The number of halogens is 1. The minimum Gasteiger partial charge on any atom is -0.371 e. The Morgan fingerprint density at radius 1 is 1.17 bits per heavy atom. The van der Waals surface area contributed by atoms with Crippen molar-refractivity contribution in [3.63, 3.8) is 0 Å². The molecule has 150 valence electrons. The molecule has 1 aromatic heterocycles. The fraction of sp³-hybridized carbons (Fsp3) is 0.318. The van der Waals surface area contributed by atoms with E-state index in [1.807, 2.05) is 18.2 Å². The summed E-state index contributed by atoms with van der Waals surface area (Å²) in [6.45, 7) is 2.69. The zero-order valence-corrected chi connectivity index (χ0v) is 16.8. The van der Waals surface area contributed by atoms with Crippen LogP contribution in [0.25, 0.3) is 11.4 Å². The summed E-state index contributed by atoms with van der Waals surface area (Å²) in [6.07, 6.45) is 1.84. The number of aromatic nitrogens is 2. The monoisotopic (exact) mass is 410 g/mol. The van der Waals surface area contributed by atoms with Gasteiger partial charge in [0.1, 0.15) is 0 Å². The number of anilines is 1. The van der Waals surface area contributed by atoms with Crippen LogP contribution in [-0.4, -0.2) is 35.7 Å². The molecule has 2 heterocycles. The van der Waals surface area contributed by atoms with Gasteiger partial charge in [-0.2, -0.15) is 4.98 Å². The Labute approximate surface area is 174 Å². The number of hydrogen-bond donors (Lipinski definition) is 1. The first-order chi connectivity index (χ1) is 14.2. The number of para-hydroxylation sites is 1. The zero-order valence-electron chi connectivity index (χ0n) is 16.1. The van der Waals surface area contributed by atoms with Crippen LogP contribution in [0.15, 0.2) is 59.1 Å². The molecular weight excluding hydrogens is 388 g/mol. The molecule has 1 unspecified atom stereocenters. The van der Waals surface area contributed by atoms with E-state index in [2.05, 4.69) is 44.6 Å². The van der Waals surface area contributed by atoms with E-state index in [1.165, 1.54) is 5.69 Å². The number of hydrogen-bond acceptors (Lipinski definition) is 5. The predicted octanol–water partition coefficient (Wildman–Crippen LogP) is 3.97. The summed E-state index contributed by atoms with van der Waals surface area (Å²) in [6, 6.07) is 17.6. The minimum absolute atomic E-state index is 0.00871. The average Bonchev–Trinajstić information content (AvgIpc) is 3.42. The number of nitrogens with zero attached hydrogens (tertiary/aromatic N) is 3. The number of rotatable bonds is 7. The Kier molecular flexibility index (Phi) is 6.10. The molecule has 1 atom stereocenters. The molecule has 0 saturated carbocycles. The highest BCUT2D eigenvalue weighted by atomic mass is 35.5. The topological polar surface area (TPSA) is 71.3 Å². The standard InChI is InChI=1S/C22H23ClN4O2/c23-18-8-6-17(7-9-18)22-25-21(29-26-22)11-10-20(28)24-14-16-12-13-27(15-16)19-4-2-1-3-5-19/h1-9,16H,10-15H2,(H,24,28). The normalized spacial score (nSPS) is 16.2. The molecule has 4 rings (SSSR count). The fourth-order valence-corrected chi connectivity index (χ4v) is 3.64. The van der Waals surface area contributed by atoms with E-state index in [1.54, 1.807) is 12.1 Å². The quantitative estimate of drug-likeness (QED) is 0.638.